The lowest BCUT2D eigenvalue weighted by atomic mass is 10.1. The molecule has 2 N–H and O–H groups in total. The monoisotopic (exact) mass is 317 g/mol. The van der Waals surface area contributed by atoms with Crippen LogP contribution in [-0.2, 0) is 6.54 Å². The highest BCUT2D eigenvalue weighted by atomic mass is 35.5. The molecule has 0 amide bonds. The van der Waals surface area contributed by atoms with Gasteiger partial charge >= 0.3 is 0 Å². The molecule has 1 fully saturated rings. The van der Waals surface area contributed by atoms with Crippen molar-refractivity contribution in [1.82, 2.24) is 14.8 Å². The zero-order chi connectivity index (χ0) is 15.5. The summed E-state index contributed by atoms with van der Waals surface area (Å²) in [6.45, 7) is 0.744. The quantitative estimate of drug-likeness (QED) is 0.901. The zero-order valence-electron chi connectivity index (χ0n) is 11.9. The second-order valence-electron chi connectivity index (χ2n) is 5.58. The van der Waals surface area contributed by atoms with Crippen LogP contribution in [0.15, 0.2) is 30.7 Å². The molecule has 1 saturated carbocycles. The van der Waals surface area contributed by atoms with E-state index in [0.29, 0.717) is 16.6 Å². The molecule has 2 aromatic heterocycles. The zero-order valence-corrected chi connectivity index (χ0v) is 12.6. The molecule has 3 rings (SSSR count). The molecule has 1 unspecified atom stereocenters. The first-order valence-corrected chi connectivity index (χ1v) is 7.50. The van der Waals surface area contributed by atoms with E-state index in [0.717, 1.165) is 25.1 Å². The summed E-state index contributed by atoms with van der Waals surface area (Å²) in [6, 6.07) is 5.43. The van der Waals surface area contributed by atoms with Crippen LogP contribution in [0.5, 0.6) is 0 Å². The van der Waals surface area contributed by atoms with E-state index < -0.39 is 6.10 Å². The van der Waals surface area contributed by atoms with E-state index in [4.69, 9.17) is 16.9 Å². The average molecular weight is 318 g/mol. The number of hydrogen-bond donors (Lipinski definition) is 2. The van der Waals surface area contributed by atoms with Gasteiger partial charge in [-0.25, -0.2) is 4.98 Å². The number of aromatic nitrogens is 3. The topological polar surface area (TPSA) is 86.8 Å². The van der Waals surface area contributed by atoms with Crippen molar-refractivity contribution in [2.24, 2.45) is 5.92 Å². The summed E-state index contributed by atoms with van der Waals surface area (Å²) in [5.41, 5.74) is 1.19. The van der Waals surface area contributed by atoms with Crippen LogP contribution >= 0.6 is 11.6 Å². The Morgan fingerprint density at radius 3 is 2.91 bits per heavy atom. The standard InChI is InChI=1S/C15H16ClN5O/c16-11-6-19-21(9-11)8-10-3-14(15(22)4-10)20-13-2-1-12(5-17)18-7-13/h1-2,6-7,9-10,14-15,20,22H,3-4,8H2/t10?,14-,15-/m1/s1. The molecule has 0 spiro atoms. The van der Waals surface area contributed by atoms with Crippen molar-refractivity contribution in [3.05, 3.63) is 41.4 Å². The summed E-state index contributed by atoms with van der Waals surface area (Å²) in [5.74, 6) is 0.342. The first kappa shape index (κ1) is 14.8. The van der Waals surface area contributed by atoms with Crippen LogP contribution in [0.1, 0.15) is 18.5 Å². The molecule has 0 aromatic carbocycles. The second-order valence-corrected chi connectivity index (χ2v) is 6.02. The Morgan fingerprint density at radius 1 is 1.41 bits per heavy atom. The van der Waals surface area contributed by atoms with E-state index in [2.05, 4.69) is 15.4 Å². The fourth-order valence-corrected chi connectivity index (χ4v) is 3.04. The van der Waals surface area contributed by atoms with E-state index >= 15 is 0 Å². The number of halogens is 1. The molecule has 0 aliphatic heterocycles. The fourth-order valence-electron chi connectivity index (χ4n) is 2.88. The molecule has 0 saturated heterocycles. The molecule has 1 aliphatic carbocycles. The van der Waals surface area contributed by atoms with Crippen LogP contribution in [0.25, 0.3) is 0 Å². The highest BCUT2D eigenvalue weighted by Gasteiger charge is 2.33. The molecular formula is C15H16ClN5O. The minimum Gasteiger partial charge on any atom is -0.391 e. The summed E-state index contributed by atoms with van der Waals surface area (Å²) in [5, 5.41) is 27.0. The number of pyridine rings is 1. The summed E-state index contributed by atoms with van der Waals surface area (Å²) < 4.78 is 1.81. The number of aliphatic hydroxyl groups is 1. The van der Waals surface area contributed by atoms with Crippen LogP contribution < -0.4 is 5.32 Å². The largest absolute Gasteiger partial charge is 0.391 e. The Kier molecular flexibility index (Phi) is 4.27. The van der Waals surface area contributed by atoms with Gasteiger partial charge < -0.3 is 10.4 Å². The smallest absolute Gasteiger partial charge is 0.140 e. The SMILES string of the molecule is N#Cc1ccc(N[C@@H]2CC(Cn3cc(Cl)cn3)C[C@H]2O)cn1. The molecule has 2 heterocycles. The number of rotatable bonds is 4. The van der Waals surface area contributed by atoms with Crippen molar-refractivity contribution in [2.75, 3.05) is 5.32 Å². The summed E-state index contributed by atoms with van der Waals surface area (Å²) >= 11 is 5.86. The van der Waals surface area contributed by atoms with Gasteiger partial charge in [0.1, 0.15) is 11.8 Å². The fraction of sp³-hybridized carbons (Fsp3) is 0.400. The number of nitriles is 1. The number of nitrogens with one attached hydrogen (secondary N) is 1. The first-order chi connectivity index (χ1) is 10.6. The van der Waals surface area contributed by atoms with Gasteiger partial charge in [-0.3, -0.25) is 4.68 Å². The maximum Gasteiger partial charge on any atom is 0.140 e. The number of aliphatic hydroxyl groups excluding tert-OH is 1. The first-order valence-electron chi connectivity index (χ1n) is 7.13. The lowest BCUT2D eigenvalue weighted by molar-refractivity contribution is 0.166. The van der Waals surface area contributed by atoms with Gasteiger partial charge in [0, 0.05) is 12.7 Å². The molecule has 1 aliphatic rings. The number of anilines is 1. The number of hydrogen-bond acceptors (Lipinski definition) is 5. The Bertz CT molecular complexity index is 678. The molecule has 2 aromatic rings. The van der Waals surface area contributed by atoms with Gasteiger partial charge in [-0.15, -0.1) is 0 Å². The van der Waals surface area contributed by atoms with E-state index in [-0.39, 0.29) is 6.04 Å². The number of nitrogens with zero attached hydrogens (tertiary/aromatic N) is 4. The average Bonchev–Trinajstić information content (AvgIpc) is 3.06. The molecule has 7 heteroatoms. The van der Waals surface area contributed by atoms with Crippen molar-refractivity contribution in [2.45, 2.75) is 31.5 Å². The van der Waals surface area contributed by atoms with Crippen molar-refractivity contribution >= 4 is 17.3 Å². The Balaban J connectivity index is 1.59. The summed E-state index contributed by atoms with van der Waals surface area (Å²) in [6.07, 6.45) is 6.18. The predicted octanol–water partition coefficient (Wildman–Crippen LogP) is 2.05. The van der Waals surface area contributed by atoms with Crippen LogP contribution in [-0.4, -0.2) is 32.0 Å². The van der Waals surface area contributed by atoms with Crippen LogP contribution in [0, 0.1) is 17.2 Å². The third-order valence-electron chi connectivity index (χ3n) is 3.90. The third-order valence-corrected chi connectivity index (χ3v) is 4.10. The van der Waals surface area contributed by atoms with Crippen molar-refractivity contribution in [3.63, 3.8) is 0 Å². The molecule has 0 radical (unpaired) electrons. The molecule has 114 valence electrons. The van der Waals surface area contributed by atoms with Crippen LogP contribution in [0.3, 0.4) is 0 Å². The minimum absolute atomic E-state index is 0.0224. The van der Waals surface area contributed by atoms with Crippen molar-refractivity contribution in [1.29, 1.82) is 5.26 Å². The third kappa shape index (κ3) is 3.38. The van der Waals surface area contributed by atoms with E-state index in [1.165, 1.54) is 0 Å². The van der Waals surface area contributed by atoms with E-state index in [1.807, 2.05) is 10.8 Å². The summed E-state index contributed by atoms with van der Waals surface area (Å²) in [7, 11) is 0. The highest BCUT2D eigenvalue weighted by Crippen LogP contribution is 2.30. The predicted molar refractivity (Wildman–Crippen MR) is 82.3 cm³/mol. The Labute approximate surface area is 133 Å². The van der Waals surface area contributed by atoms with Gasteiger partial charge in [0.25, 0.3) is 0 Å². The molecular weight excluding hydrogens is 302 g/mol. The van der Waals surface area contributed by atoms with Gasteiger partial charge in [-0.05, 0) is 30.9 Å². The highest BCUT2D eigenvalue weighted by molar-refractivity contribution is 6.30. The van der Waals surface area contributed by atoms with Crippen molar-refractivity contribution < 1.29 is 5.11 Å². The molecule has 6 nitrogen and oxygen atoms in total. The Morgan fingerprint density at radius 2 is 2.27 bits per heavy atom. The van der Waals surface area contributed by atoms with Gasteiger partial charge in [0.05, 0.1) is 35.2 Å². The molecule has 0 bridgehead atoms. The lowest BCUT2D eigenvalue weighted by Crippen LogP contribution is -2.27. The van der Waals surface area contributed by atoms with Crippen LogP contribution in [0.2, 0.25) is 5.02 Å². The molecule has 3 atom stereocenters. The van der Waals surface area contributed by atoms with Gasteiger partial charge in [0.15, 0.2) is 0 Å². The second kappa shape index (κ2) is 6.34. The normalized spacial score (nSPS) is 24.1. The minimum atomic E-state index is -0.410. The van der Waals surface area contributed by atoms with Gasteiger partial charge in [-0.1, -0.05) is 11.6 Å². The lowest BCUT2D eigenvalue weighted by Gasteiger charge is -2.17. The van der Waals surface area contributed by atoms with E-state index in [1.54, 1.807) is 30.7 Å². The maximum atomic E-state index is 10.2. The van der Waals surface area contributed by atoms with Gasteiger partial charge in [-0.2, -0.15) is 10.4 Å². The van der Waals surface area contributed by atoms with Gasteiger partial charge in [0.2, 0.25) is 0 Å². The summed E-state index contributed by atoms with van der Waals surface area (Å²) in [4.78, 5) is 4.02. The van der Waals surface area contributed by atoms with Crippen molar-refractivity contribution in [3.8, 4) is 6.07 Å². The van der Waals surface area contributed by atoms with E-state index in [9.17, 15) is 5.11 Å². The maximum absolute atomic E-state index is 10.2. The van der Waals surface area contributed by atoms with Crippen LogP contribution in [0.4, 0.5) is 5.69 Å². The molecule has 22 heavy (non-hydrogen) atoms. The Hall–Kier alpha value is -2.10.